The molecule has 0 aromatic heterocycles. The van der Waals surface area contributed by atoms with Gasteiger partial charge in [-0.25, -0.2) is 8.42 Å². The molecular formula is C21H26N4O5S. The molecule has 0 aliphatic heterocycles. The summed E-state index contributed by atoms with van der Waals surface area (Å²) in [6.45, 7) is 3.32. The molecule has 0 radical (unpaired) electrons. The summed E-state index contributed by atoms with van der Waals surface area (Å²) in [6, 6.07) is 13.3. The van der Waals surface area contributed by atoms with Gasteiger partial charge in [-0.2, -0.15) is 4.31 Å². The Balaban J connectivity index is 1.74. The maximum atomic E-state index is 12.5. The zero-order valence-electron chi connectivity index (χ0n) is 17.6. The van der Waals surface area contributed by atoms with Crippen molar-refractivity contribution in [2.75, 3.05) is 20.1 Å². The second-order valence-electron chi connectivity index (χ2n) is 7.05. The molecule has 0 saturated carbocycles. The highest BCUT2D eigenvalue weighted by atomic mass is 32.2. The van der Waals surface area contributed by atoms with Crippen LogP contribution in [-0.4, -0.2) is 50.6 Å². The lowest BCUT2D eigenvalue weighted by Gasteiger charge is -2.17. The van der Waals surface area contributed by atoms with Crippen LogP contribution in [0, 0.1) is 13.8 Å². The molecule has 0 atom stereocenters. The Kier molecular flexibility index (Phi) is 8.29. The van der Waals surface area contributed by atoms with Gasteiger partial charge >= 0.3 is 0 Å². The lowest BCUT2D eigenvalue weighted by molar-refractivity contribution is -0.128. The van der Waals surface area contributed by atoms with Crippen molar-refractivity contribution in [3.63, 3.8) is 0 Å². The van der Waals surface area contributed by atoms with Gasteiger partial charge in [-0.1, -0.05) is 35.4 Å². The number of hydrazine groups is 1. The average Bonchev–Trinajstić information content (AvgIpc) is 2.72. The van der Waals surface area contributed by atoms with Gasteiger partial charge < -0.3 is 5.32 Å². The molecule has 0 aliphatic carbocycles. The van der Waals surface area contributed by atoms with Gasteiger partial charge in [0.2, 0.25) is 15.9 Å². The van der Waals surface area contributed by atoms with Crippen molar-refractivity contribution in [3.05, 3.63) is 65.2 Å². The Labute approximate surface area is 181 Å². The van der Waals surface area contributed by atoms with Crippen LogP contribution in [0.25, 0.3) is 0 Å². The number of aryl methyl sites for hydroxylation is 2. The smallest absolute Gasteiger partial charge is 0.253 e. The first-order valence-corrected chi connectivity index (χ1v) is 11.0. The maximum Gasteiger partial charge on any atom is 0.253 e. The van der Waals surface area contributed by atoms with E-state index in [2.05, 4.69) is 16.2 Å². The minimum Gasteiger partial charge on any atom is -0.352 e. The molecule has 166 valence electrons. The molecule has 9 nitrogen and oxygen atoms in total. The molecule has 0 saturated heterocycles. The quantitative estimate of drug-likeness (QED) is 0.520. The van der Waals surface area contributed by atoms with E-state index in [-0.39, 0.29) is 23.8 Å². The first kappa shape index (κ1) is 24.0. The molecule has 3 N–H and O–H groups in total. The van der Waals surface area contributed by atoms with Crippen molar-refractivity contribution in [1.29, 1.82) is 0 Å². The summed E-state index contributed by atoms with van der Waals surface area (Å²) in [6.07, 6.45) is -0.0602. The van der Waals surface area contributed by atoms with Gasteiger partial charge in [0.15, 0.2) is 0 Å². The molecule has 0 bridgehead atoms. The predicted octanol–water partition coefficient (Wildman–Crippen LogP) is 0.891. The third kappa shape index (κ3) is 7.19. The van der Waals surface area contributed by atoms with Crippen LogP contribution in [0.4, 0.5) is 0 Å². The number of sulfonamides is 1. The molecule has 0 fully saturated rings. The van der Waals surface area contributed by atoms with Crippen LogP contribution in [0.3, 0.4) is 0 Å². The number of nitrogens with zero attached hydrogens (tertiary/aromatic N) is 1. The molecular weight excluding hydrogens is 420 g/mol. The van der Waals surface area contributed by atoms with Crippen LogP contribution in [0.1, 0.15) is 27.9 Å². The summed E-state index contributed by atoms with van der Waals surface area (Å²) < 4.78 is 25.8. The number of carbonyl (C=O) groups excluding carboxylic acids is 3. The molecule has 0 heterocycles. The second kappa shape index (κ2) is 10.7. The van der Waals surface area contributed by atoms with Crippen molar-refractivity contribution in [2.45, 2.75) is 25.2 Å². The highest BCUT2D eigenvalue weighted by molar-refractivity contribution is 7.89. The van der Waals surface area contributed by atoms with E-state index in [4.69, 9.17) is 0 Å². The van der Waals surface area contributed by atoms with Crippen LogP contribution in [0.15, 0.2) is 53.4 Å². The average molecular weight is 447 g/mol. The fourth-order valence-electron chi connectivity index (χ4n) is 2.60. The summed E-state index contributed by atoms with van der Waals surface area (Å²) in [4.78, 5) is 35.9. The number of amides is 3. The largest absolute Gasteiger partial charge is 0.352 e. The summed E-state index contributed by atoms with van der Waals surface area (Å²) in [5, 5.41) is 2.62. The van der Waals surface area contributed by atoms with Crippen molar-refractivity contribution in [2.24, 2.45) is 0 Å². The minimum atomic E-state index is -3.83. The summed E-state index contributed by atoms with van der Waals surface area (Å²) in [7, 11) is -2.56. The molecule has 10 heteroatoms. The van der Waals surface area contributed by atoms with E-state index in [1.807, 2.05) is 19.9 Å². The van der Waals surface area contributed by atoms with Gasteiger partial charge in [0.25, 0.3) is 11.8 Å². The van der Waals surface area contributed by atoms with Crippen molar-refractivity contribution in [1.82, 2.24) is 20.5 Å². The van der Waals surface area contributed by atoms with Crippen molar-refractivity contribution >= 4 is 27.7 Å². The van der Waals surface area contributed by atoms with E-state index in [0.29, 0.717) is 5.56 Å². The topological polar surface area (TPSA) is 125 Å². The summed E-state index contributed by atoms with van der Waals surface area (Å²) in [5.74, 6) is -1.53. The Hall–Kier alpha value is -3.24. The highest BCUT2D eigenvalue weighted by Crippen LogP contribution is 2.14. The Bertz CT molecular complexity index is 1050. The fourth-order valence-corrected chi connectivity index (χ4v) is 3.72. The van der Waals surface area contributed by atoms with E-state index in [9.17, 15) is 22.8 Å². The summed E-state index contributed by atoms with van der Waals surface area (Å²) in [5.41, 5.74) is 6.72. The van der Waals surface area contributed by atoms with Crippen LogP contribution in [0.5, 0.6) is 0 Å². The van der Waals surface area contributed by atoms with E-state index in [0.717, 1.165) is 15.4 Å². The van der Waals surface area contributed by atoms with Crippen LogP contribution in [-0.2, 0) is 19.6 Å². The number of carbonyl (C=O) groups is 3. The molecule has 0 spiro atoms. The van der Waals surface area contributed by atoms with E-state index in [1.54, 1.807) is 30.3 Å². The van der Waals surface area contributed by atoms with Crippen LogP contribution >= 0.6 is 0 Å². The normalized spacial score (nSPS) is 11.1. The lowest BCUT2D eigenvalue weighted by atomic mass is 10.1. The van der Waals surface area contributed by atoms with Gasteiger partial charge in [0, 0.05) is 25.6 Å². The number of likely N-dealkylation sites (N-methyl/N-ethyl adjacent to an activating group) is 1. The number of hydrogen-bond acceptors (Lipinski definition) is 5. The lowest BCUT2D eigenvalue weighted by Crippen LogP contribution is -2.47. The minimum absolute atomic E-state index is 0.0602. The molecule has 2 aromatic carbocycles. The Morgan fingerprint density at radius 2 is 1.55 bits per heavy atom. The highest BCUT2D eigenvalue weighted by Gasteiger charge is 2.23. The van der Waals surface area contributed by atoms with E-state index >= 15 is 0 Å². The van der Waals surface area contributed by atoms with E-state index < -0.39 is 28.4 Å². The number of hydrogen-bond donors (Lipinski definition) is 3. The predicted molar refractivity (Wildman–Crippen MR) is 115 cm³/mol. The van der Waals surface area contributed by atoms with Gasteiger partial charge in [0.05, 0.1) is 11.4 Å². The first-order valence-electron chi connectivity index (χ1n) is 9.55. The van der Waals surface area contributed by atoms with Crippen LogP contribution in [0.2, 0.25) is 0 Å². The third-order valence-corrected chi connectivity index (χ3v) is 6.17. The zero-order valence-corrected chi connectivity index (χ0v) is 18.5. The SMILES string of the molecule is Cc1ccc(S(=O)(=O)N(C)CC(=O)NNC(=O)CCNC(=O)c2cccc(C)c2)cc1. The van der Waals surface area contributed by atoms with Crippen LogP contribution < -0.4 is 16.2 Å². The maximum absolute atomic E-state index is 12.5. The summed E-state index contributed by atoms with van der Waals surface area (Å²) >= 11 is 0. The van der Waals surface area contributed by atoms with Gasteiger partial charge in [-0.05, 0) is 38.1 Å². The standard InChI is InChI=1S/C21H26N4O5S/c1-15-7-9-18(10-8-15)31(29,30)25(3)14-20(27)24-23-19(26)11-12-22-21(28)17-6-4-5-16(2)13-17/h4-10,13H,11-12,14H2,1-3H3,(H,22,28)(H,23,26)(H,24,27). The van der Waals surface area contributed by atoms with Gasteiger partial charge in [-0.3, -0.25) is 25.2 Å². The van der Waals surface area contributed by atoms with Crippen molar-refractivity contribution < 1.29 is 22.8 Å². The molecule has 0 unspecified atom stereocenters. The molecule has 3 amide bonds. The van der Waals surface area contributed by atoms with Gasteiger partial charge in [-0.15, -0.1) is 0 Å². The van der Waals surface area contributed by atoms with E-state index in [1.165, 1.54) is 19.2 Å². The second-order valence-corrected chi connectivity index (χ2v) is 9.09. The van der Waals surface area contributed by atoms with Gasteiger partial charge in [0.1, 0.15) is 0 Å². The molecule has 31 heavy (non-hydrogen) atoms. The zero-order chi connectivity index (χ0) is 23.0. The number of rotatable bonds is 8. The third-order valence-electron chi connectivity index (χ3n) is 4.35. The first-order chi connectivity index (χ1) is 14.6. The monoisotopic (exact) mass is 446 g/mol. The molecule has 2 aromatic rings. The number of nitrogens with one attached hydrogen (secondary N) is 3. The van der Waals surface area contributed by atoms with Crippen molar-refractivity contribution in [3.8, 4) is 0 Å². The molecule has 0 aliphatic rings. The molecule has 2 rings (SSSR count). The Morgan fingerprint density at radius 1 is 0.903 bits per heavy atom. The fraction of sp³-hybridized carbons (Fsp3) is 0.286. The number of benzene rings is 2. The Morgan fingerprint density at radius 3 is 2.19 bits per heavy atom.